The Morgan fingerprint density at radius 3 is 2.48 bits per heavy atom. The van der Waals surface area contributed by atoms with Crippen molar-refractivity contribution >= 4 is 35.0 Å². The van der Waals surface area contributed by atoms with Crippen LogP contribution >= 0.6 is 23.2 Å². The highest BCUT2D eigenvalue weighted by Crippen LogP contribution is 2.28. The summed E-state index contributed by atoms with van der Waals surface area (Å²) in [4.78, 5) is 45.2. The van der Waals surface area contributed by atoms with Crippen LogP contribution in [0.5, 0.6) is 0 Å². The molecule has 12 heteroatoms. The molecule has 1 atom stereocenters. The highest BCUT2D eigenvalue weighted by atomic mass is 35.5. The Hall–Kier alpha value is -4.02. The second-order valence-electron chi connectivity index (χ2n) is 9.67. The molecule has 1 aliphatic heterocycles. The smallest absolute Gasteiger partial charge is 0.254 e. The monoisotopic (exact) mass is 579 g/mol. The topological polar surface area (TPSA) is 115 Å². The van der Waals surface area contributed by atoms with E-state index < -0.39 is 6.04 Å². The van der Waals surface area contributed by atoms with E-state index in [1.807, 2.05) is 30.3 Å². The Morgan fingerprint density at radius 1 is 1.07 bits per heavy atom. The molecule has 5 rings (SSSR count). The number of hydrogen-bond donors (Lipinski definition) is 1. The van der Waals surface area contributed by atoms with Crippen LogP contribution < -0.4 is 10.9 Å². The molecule has 1 aliphatic rings. The number of benzene rings is 2. The lowest BCUT2D eigenvalue weighted by Crippen LogP contribution is -2.49. The molecule has 4 aromatic rings. The van der Waals surface area contributed by atoms with E-state index in [0.29, 0.717) is 54.3 Å². The zero-order valence-electron chi connectivity index (χ0n) is 21.7. The molecule has 206 valence electrons. The summed E-state index contributed by atoms with van der Waals surface area (Å²) in [5.74, 6) is -0.248. The van der Waals surface area contributed by atoms with Crippen LogP contribution in [0.15, 0.2) is 71.9 Å². The molecule has 1 N–H and O–H groups in total. The summed E-state index contributed by atoms with van der Waals surface area (Å²) in [6.07, 6.45) is 4.58. The first-order valence-corrected chi connectivity index (χ1v) is 13.6. The Balaban J connectivity index is 1.47. The van der Waals surface area contributed by atoms with Crippen molar-refractivity contribution < 1.29 is 9.59 Å². The molecule has 2 amide bonds. The van der Waals surface area contributed by atoms with E-state index in [-0.39, 0.29) is 28.6 Å². The standard InChI is InChI=1S/C28H27Cl2N7O3/c1-18(38)32-21-9-11-35(12-10-21)28(40)25(13-19-5-3-2-4-6-19)36-17-31-23(15-27(36)39)22-14-20(29)7-8-24(22)37-16-26(30)33-34-37/h2-8,14-17,21,25H,9-13H2,1H3,(H,32,38). The summed E-state index contributed by atoms with van der Waals surface area (Å²) < 4.78 is 2.86. The van der Waals surface area contributed by atoms with Gasteiger partial charge in [-0.2, -0.15) is 0 Å². The summed E-state index contributed by atoms with van der Waals surface area (Å²) in [6, 6.07) is 15.3. The number of carbonyl (C=O) groups excluding carboxylic acids is 2. The predicted molar refractivity (Wildman–Crippen MR) is 151 cm³/mol. The van der Waals surface area contributed by atoms with Gasteiger partial charge in [-0.3, -0.25) is 19.0 Å². The number of likely N-dealkylation sites (tertiary alicyclic amines) is 1. The minimum atomic E-state index is -0.790. The number of rotatable bonds is 7. The van der Waals surface area contributed by atoms with Gasteiger partial charge in [0.25, 0.3) is 5.56 Å². The molecule has 1 fully saturated rings. The number of nitrogens with zero attached hydrogens (tertiary/aromatic N) is 6. The maximum absolute atomic E-state index is 13.8. The van der Waals surface area contributed by atoms with Crippen molar-refractivity contribution in [1.29, 1.82) is 0 Å². The molecule has 0 radical (unpaired) electrons. The SMILES string of the molecule is CC(=O)NC1CCN(C(=O)C(Cc2ccccc2)n2cnc(-c3cc(Cl)ccc3-n3cc(Cl)nn3)cc2=O)CC1. The molecular weight excluding hydrogens is 553 g/mol. The second-order valence-corrected chi connectivity index (χ2v) is 10.5. The highest BCUT2D eigenvalue weighted by Gasteiger charge is 2.30. The Kier molecular flexibility index (Phi) is 8.27. The van der Waals surface area contributed by atoms with Crippen LogP contribution in [0, 0.1) is 0 Å². The Labute approximate surface area is 240 Å². The van der Waals surface area contributed by atoms with Gasteiger partial charge in [-0.05, 0) is 36.6 Å². The molecule has 0 bridgehead atoms. The molecule has 2 aromatic heterocycles. The predicted octanol–water partition coefficient (Wildman–Crippen LogP) is 3.71. The third-order valence-corrected chi connectivity index (χ3v) is 7.30. The number of piperidine rings is 1. The van der Waals surface area contributed by atoms with Gasteiger partial charge >= 0.3 is 0 Å². The van der Waals surface area contributed by atoms with Crippen molar-refractivity contribution in [1.82, 2.24) is 34.8 Å². The average molecular weight is 580 g/mol. The van der Waals surface area contributed by atoms with Crippen LogP contribution in [-0.4, -0.2) is 60.4 Å². The van der Waals surface area contributed by atoms with E-state index in [9.17, 15) is 14.4 Å². The lowest BCUT2D eigenvalue weighted by Gasteiger charge is -2.34. The molecule has 0 aliphatic carbocycles. The lowest BCUT2D eigenvalue weighted by atomic mass is 10.0. The summed E-state index contributed by atoms with van der Waals surface area (Å²) in [7, 11) is 0. The van der Waals surface area contributed by atoms with Crippen LogP contribution in [0.25, 0.3) is 16.9 Å². The van der Waals surface area contributed by atoms with Gasteiger partial charge in [0.1, 0.15) is 6.04 Å². The Bertz CT molecular complexity index is 1580. The third-order valence-electron chi connectivity index (χ3n) is 6.89. The maximum atomic E-state index is 13.8. The minimum Gasteiger partial charge on any atom is -0.353 e. The number of amides is 2. The van der Waals surface area contributed by atoms with E-state index in [0.717, 1.165) is 5.56 Å². The van der Waals surface area contributed by atoms with E-state index in [4.69, 9.17) is 23.2 Å². The minimum absolute atomic E-state index is 0.0320. The van der Waals surface area contributed by atoms with Gasteiger partial charge in [0, 0.05) is 49.1 Å². The van der Waals surface area contributed by atoms with Crippen LogP contribution in [0.4, 0.5) is 0 Å². The lowest BCUT2D eigenvalue weighted by molar-refractivity contribution is -0.136. The van der Waals surface area contributed by atoms with Crippen LogP contribution in [0.3, 0.4) is 0 Å². The molecule has 1 unspecified atom stereocenters. The fraction of sp³-hybridized carbons (Fsp3) is 0.286. The number of aromatic nitrogens is 5. The quantitative estimate of drug-likeness (QED) is 0.357. The van der Waals surface area contributed by atoms with Crippen molar-refractivity contribution in [2.24, 2.45) is 0 Å². The fourth-order valence-electron chi connectivity index (χ4n) is 4.95. The van der Waals surface area contributed by atoms with Gasteiger partial charge in [-0.1, -0.05) is 58.7 Å². The third kappa shape index (κ3) is 6.24. The van der Waals surface area contributed by atoms with Crippen molar-refractivity contribution in [3.05, 3.63) is 93.2 Å². The zero-order chi connectivity index (χ0) is 28.2. The van der Waals surface area contributed by atoms with E-state index in [1.165, 1.54) is 28.6 Å². The van der Waals surface area contributed by atoms with Gasteiger partial charge in [-0.15, -0.1) is 5.10 Å². The average Bonchev–Trinajstić information content (AvgIpc) is 3.38. The number of halogens is 2. The zero-order valence-corrected chi connectivity index (χ0v) is 23.2. The molecule has 0 spiro atoms. The molecule has 10 nitrogen and oxygen atoms in total. The van der Waals surface area contributed by atoms with E-state index in [2.05, 4.69) is 20.6 Å². The first kappa shape index (κ1) is 27.5. The maximum Gasteiger partial charge on any atom is 0.254 e. The second kappa shape index (κ2) is 12.0. The first-order chi connectivity index (χ1) is 19.3. The van der Waals surface area contributed by atoms with Gasteiger partial charge in [-0.25, -0.2) is 9.67 Å². The van der Waals surface area contributed by atoms with Crippen LogP contribution in [-0.2, 0) is 16.0 Å². The number of carbonyl (C=O) groups is 2. The molecule has 0 saturated carbocycles. The summed E-state index contributed by atoms with van der Waals surface area (Å²) in [5.41, 5.74) is 2.06. The number of hydrogen-bond acceptors (Lipinski definition) is 6. The molecular formula is C28H27Cl2N7O3. The fourth-order valence-corrected chi connectivity index (χ4v) is 5.25. The van der Waals surface area contributed by atoms with E-state index >= 15 is 0 Å². The molecule has 2 aromatic carbocycles. The van der Waals surface area contributed by atoms with Gasteiger partial charge in [0.05, 0.1) is 23.9 Å². The van der Waals surface area contributed by atoms with Gasteiger partial charge < -0.3 is 10.2 Å². The van der Waals surface area contributed by atoms with Gasteiger partial charge in [0.15, 0.2) is 5.15 Å². The number of nitrogens with one attached hydrogen (secondary N) is 1. The summed E-state index contributed by atoms with van der Waals surface area (Å²) in [5, 5.41) is 11.4. The molecule has 40 heavy (non-hydrogen) atoms. The van der Waals surface area contributed by atoms with E-state index in [1.54, 1.807) is 29.3 Å². The van der Waals surface area contributed by atoms with Crippen LogP contribution in [0.1, 0.15) is 31.4 Å². The first-order valence-electron chi connectivity index (χ1n) is 12.8. The highest BCUT2D eigenvalue weighted by molar-refractivity contribution is 6.31. The summed E-state index contributed by atoms with van der Waals surface area (Å²) >= 11 is 12.2. The van der Waals surface area contributed by atoms with Gasteiger partial charge in [0.2, 0.25) is 11.8 Å². The van der Waals surface area contributed by atoms with Crippen molar-refractivity contribution in [2.75, 3.05) is 13.1 Å². The van der Waals surface area contributed by atoms with Crippen molar-refractivity contribution in [3.8, 4) is 16.9 Å². The Morgan fingerprint density at radius 2 is 1.82 bits per heavy atom. The van der Waals surface area contributed by atoms with Crippen molar-refractivity contribution in [3.63, 3.8) is 0 Å². The largest absolute Gasteiger partial charge is 0.353 e. The normalized spacial score (nSPS) is 14.6. The molecule has 1 saturated heterocycles. The van der Waals surface area contributed by atoms with Crippen LogP contribution in [0.2, 0.25) is 10.2 Å². The summed E-state index contributed by atoms with van der Waals surface area (Å²) in [6.45, 7) is 2.47. The van der Waals surface area contributed by atoms with Crippen molar-refractivity contribution in [2.45, 2.75) is 38.3 Å². The molecule has 3 heterocycles.